The molecule has 0 aliphatic carbocycles. The van der Waals surface area contributed by atoms with Crippen LogP contribution in [-0.2, 0) is 24.8 Å². The zero-order valence-electron chi connectivity index (χ0n) is 9.38. The molecule has 0 aliphatic heterocycles. The van der Waals surface area contributed by atoms with E-state index in [0.29, 0.717) is 6.16 Å². The fourth-order valence-electron chi connectivity index (χ4n) is 1.21. The van der Waals surface area contributed by atoms with Crippen molar-refractivity contribution in [1.82, 2.24) is 0 Å². The van der Waals surface area contributed by atoms with E-state index in [1.54, 1.807) is 0 Å². The second-order valence-corrected chi connectivity index (χ2v) is 6.11. The Labute approximate surface area is 95.0 Å². The molecular weight excluding hydrogens is 227 g/mol. The van der Waals surface area contributed by atoms with E-state index in [-0.39, 0.29) is 6.61 Å². The van der Waals surface area contributed by atoms with Crippen LogP contribution >= 0.6 is 7.37 Å². The maximum absolute atomic E-state index is 12.0. The van der Waals surface area contributed by atoms with Crippen LogP contribution in [0.1, 0.15) is 5.56 Å². The van der Waals surface area contributed by atoms with Gasteiger partial charge in [0.1, 0.15) is 0 Å². The highest BCUT2D eigenvalue weighted by Crippen LogP contribution is 2.45. The van der Waals surface area contributed by atoms with Gasteiger partial charge in [0.15, 0.2) is 6.61 Å². The summed E-state index contributed by atoms with van der Waals surface area (Å²) < 4.78 is 21.5. The average molecular weight is 242 g/mol. The molecule has 0 saturated carbocycles. The largest absolute Gasteiger partial charge is 0.467 e. The zero-order valence-corrected chi connectivity index (χ0v) is 10.3. The molecular formula is C11H15O4P. The monoisotopic (exact) mass is 242 g/mol. The van der Waals surface area contributed by atoms with Crippen molar-refractivity contribution in [1.29, 1.82) is 0 Å². The van der Waals surface area contributed by atoms with Crippen LogP contribution in [0.15, 0.2) is 30.3 Å². The number of benzene rings is 1. The molecule has 0 heterocycles. The molecule has 0 N–H and O–H groups in total. The van der Waals surface area contributed by atoms with Crippen molar-refractivity contribution >= 4 is 13.3 Å². The minimum Gasteiger partial charge on any atom is -0.467 e. The van der Waals surface area contributed by atoms with Crippen molar-refractivity contribution in [2.24, 2.45) is 0 Å². The summed E-state index contributed by atoms with van der Waals surface area (Å²) in [6.45, 7) is 1.25. The summed E-state index contributed by atoms with van der Waals surface area (Å²) in [4.78, 5) is 10.8. The third-order valence-corrected chi connectivity index (χ3v) is 3.61. The number of hydrogen-bond donors (Lipinski definition) is 0. The molecule has 0 aromatic heterocycles. The molecule has 0 aliphatic rings. The Bertz CT molecular complexity index is 388. The van der Waals surface area contributed by atoms with Crippen LogP contribution < -0.4 is 0 Å². The Balaban J connectivity index is 2.52. The van der Waals surface area contributed by atoms with Gasteiger partial charge >= 0.3 is 5.97 Å². The quantitative estimate of drug-likeness (QED) is 0.587. The Morgan fingerprint density at radius 3 is 2.50 bits per heavy atom. The summed E-state index contributed by atoms with van der Waals surface area (Å²) in [5.41, 5.74) is 0.929. The summed E-state index contributed by atoms with van der Waals surface area (Å²) in [5, 5.41) is 0. The van der Waals surface area contributed by atoms with Gasteiger partial charge in [-0.15, -0.1) is 0 Å². The van der Waals surface area contributed by atoms with Gasteiger partial charge in [0.2, 0.25) is 7.37 Å². The topological polar surface area (TPSA) is 52.6 Å². The molecule has 1 unspecified atom stereocenters. The highest BCUT2D eigenvalue weighted by Gasteiger charge is 2.18. The predicted molar refractivity (Wildman–Crippen MR) is 61.6 cm³/mol. The second-order valence-electron chi connectivity index (χ2n) is 3.51. The Hall–Kier alpha value is -1.12. The smallest absolute Gasteiger partial charge is 0.332 e. The summed E-state index contributed by atoms with van der Waals surface area (Å²) in [5.74, 6) is -0.518. The van der Waals surface area contributed by atoms with Crippen LogP contribution in [0.2, 0.25) is 0 Å². The van der Waals surface area contributed by atoms with E-state index in [9.17, 15) is 9.36 Å². The second kappa shape index (κ2) is 5.83. The first-order valence-electron chi connectivity index (χ1n) is 4.85. The molecule has 0 bridgehead atoms. The SMILES string of the molecule is COC(=O)COP(C)(=O)Cc1ccccc1. The number of carbonyl (C=O) groups excluding carboxylic acids is 1. The molecule has 1 aromatic rings. The van der Waals surface area contributed by atoms with Crippen LogP contribution in [0.4, 0.5) is 0 Å². The van der Waals surface area contributed by atoms with Crippen molar-refractivity contribution < 1.29 is 18.6 Å². The van der Waals surface area contributed by atoms with Crippen LogP contribution in [-0.4, -0.2) is 26.4 Å². The lowest BCUT2D eigenvalue weighted by Gasteiger charge is -2.12. The van der Waals surface area contributed by atoms with E-state index >= 15 is 0 Å². The first kappa shape index (κ1) is 12.9. The molecule has 0 spiro atoms. The number of methoxy groups -OCH3 is 1. The molecule has 0 saturated heterocycles. The highest BCUT2D eigenvalue weighted by atomic mass is 31.2. The average Bonchev–Trinajstić information content (AvgIpc) is 2.27. The molecule has 0 fully saturated rings. The molecule has 1 aromatic carbocycles. The van der Waals surface area contributed by atoms with Crippen molar-refractivity contribution in [2.45, 2.75) is 6.16 Å². The van der Waals surface area contributed by atoms with E-state index in [2.05, 4.69) is 4.74 Å². The van der Waals surface area contributed by atoms with Gasteiger partial charge in [0.05, 0.1) is 7.11 Å². The highest BCUT2D eigenvalue weighted by molar-refractivity contribution is 7.57. The summed E-state index contributed by atoms with van der Waals surface area (Å²) in [6, 6.07) is 9.37. The van der Waals surface area contributed by atoms with Gasteiger partial charge < -0.3 is 9.26 Å². The third-order valence-electron chi connectivity index (χ3n) is 2.00. The van der Waals surface area contributed by atoms with E-state index in [0.717, 1.165) is 5.56 Å². The number of carbonyl (C=O) groups is 1. The van der Waals surface area contributed by atoms with Gasteiger partial charge in [-0.2, -0.15) is 0 Å². The van der Waals surface area contributed by atoms with Crippen LogP contribution in [0, 0.1) is 0 Å². The number of esters is 1. The lowest BCUT2D eigenvalue weighted by molar-refractivity contribution is -0.142. The predicted octanol–water partition coefficient (Wildman–Crippen LogP) is 2.28. The first-order chi connectivity index (χ1) is 7.53. The zero-order chi connectivity index (χ0) is 12.0. The standard InChI is InChI=1S/C11H15O4P/c1-14-11(12)8-15-16(2,13)9-10-6-4-3-5-7-10/h3-7H,8-9H2,1-2H3. The maximum atomic E-state index is 12.0. The molecule has 0 amide bonds. The van der Waals surface area contributed by atoms with Crippen LogP contribution in [0.3, 0.4) is 0 Å². The van der Waals surface area contributed by atoms with Crippen LogP contribution in [0.25, 0.3) is 0 Å². The van der Waals surface area contributed by atoms with Gasteiger partial charge in [-0.1, -0.05) is 30.3 Å². The molecule has 16 heavy (non-hydrogen) atoms. The number of ether oxygens (including phenoxy) is 1. The Morgan fingerprint density at radius 1 is 1.31 bits per heavy atom. The fraction of sp³-hybridized carbons (Fsp3) is 0.364. The lowest BCUT2D eigenvalue weighted by atomic mass is 10.2. The summed E-state index contributed by atoms with van der Waals surface area (Å²) in [7, 11) is -1.51. The van der Waals surface area contributed by atoms with Gasteiger partial charge in [0.25, 0.3) is 0 Å². The van der Waals surface area contributed by atoms with Gasteiger partial charge in [0, 0.05) is 12.8 Å². The normalized spacial score (nSPS) is 14.1. The van der Waals surface area contributed by atoms with Crippen molar-refractivity contribution in [3.8, 4) is 0 Å². The minimum absolute atomic E-state index is 0.267. The number of hydrogen-bond acceptors (Lipinski definition) is 4. The molecule has 0 radical (unpaired) electrons. The first-order valence-corrected chi connectivity index (χ1v) is 7.11. The van der Waals surface area contributed by atoms with E-state index in [4.69, 9.17) is 4.52 Å². The van der Waals surface area contributed by atoms with E-state index in [1.165, 1.54) is 13.8 Å². The molecule has 1 rings (SSSR count). The molecule has 88 valence electrons. The summed E-state index contributed by atoms with van der Waals surface area (Å²) in [6.07, 6.45) is 0.324. The van der Waals surface area contributed by atoms with Crippen LogP contribution in [0.5, 0.6) is 0 Å². The molecule has 4 nitrogen and oxygen atoms in total. The lowest BCUT2D eigenvalue weighted by Crippen LogP contribution is -2.09. The maximum Gasteiger partial charge on any atom is 0.332 e. The van der Waals surface area contributed by atoms with E-state index < -0.39 is 13.3 Å². The Morgan fingerprint density at radius 2 is 1.94 bits per heavy atom. The van der Waals surface area contributed by atoms with Gasteiger partial charge in [-0.25, -0.2) is 4.79 Å². The van der Waals surface area contributed by atoms with Crippen molar-refractivity contribution in [3.05, 3.63) is 35.9 Å². The van der Waals surface area contributed by atoms with Gasteiger partial charge in [-0.3, -0.25) is 4.57 Å². The van der Waals surface area contributed by atoms with Gasteiger partial charge in [-0.05, 0) is 5.56 Å². The minimum atomic E-state index is -2.78. The third kappa shape index (κ3) is 4.60. The summed E-state index contributed by atoms with van der Waals surface area (Å²) >= 11 is 0. The van der Waals surface area contributed by atoms with E-state index in [1.807, 2.05) is 30.3 Å². The fourth-order valence-corrected chi connectivity index (χ4v) is 2.55. The van der Waals surface area contributed by atoms with Crippen molar-refractivity contribution in [2.75, 3.05) is 20.4 Å². The number of rotatable bonds is 5. The molecule has 1 atom stereocenters. The molecule has 5 heteroatoms. The van der Waals surface area contributed by atoms with Crippen molar-refractivity contribution in [3.63, 3.8) is 0 Å². The Kier molecular flexibility index (Phi) is 4.71.